The minimum absolute atomic E-state index is 0.433. The molecule has 0 saturated heterocycles. The molecule has 0 spiro atoms. The van der Waals surface area contributed by atoms with Crippen LogP contribution in [0.2, 0.25) is 0 Å². The van der Waals surface area contributed by atoms with Gasteiger partial charge in [0, 0.05) is 34.0 Å². The Labute approximate surface area is 406 Å². The van der Waals surface area contributed by atoms with Crippen LogP contribution < -0.4 is 4.90 Å². The summed E-state index contributed by atoms with van der Waals surface area (Å²) in [5.41, 5.74) is 14.7. The van der Waals surface area contributed by atoms with Gasteiger partial charge in [0.15, 0.2) is 0 Å². The van der Waals surface area contributed by atoms with E-state index in [1.807, 2.05) is 87.6 Å². The lowest BCUT2D eigenvalue weighted by molar-refractivity contribution is 0.578. The van der Waals surface area contributed by atoms with E-state index in [0.717, 1.165) is 97.2 Å². The van der Waals surface area contributed by atoms with Crippen LogP contribution in [0.1, 0.15) is 78.9 Å². The van der Waals surface area contributed by atoms with Gasteiger partial charge in [-0.25, -0.2) is 0 Å². The lowest BCUT2D eigenvalue weighted by Crippen LogP contribution is -2.20. The molecule has 0 radical (unpaired) electrons. The van der Waals surface area contributed by atoms with Crippen LogP contribution in [0.25, 0.3) is 11.1 Å². The fraction of sp³-hybridized carbons (Fsp3) is 0.169. The lowest BCUT2D eigenvalue weighted by Gasteiger charge is -2.29. The van der Waals surface area contributed by atoms with Crippen molar-refractivity contribution in [3.63, 3.8) is 0 Å². The monoisotopic (exact) mass is 883 g/mol. The molecule has 344 valence electrons. The van der Waals surface area contributed by atoms with Crippen molar-refractivity contribution < 1.29 is 0 Å². The van der Waals surface area contributed by atoms with E-state index in [2.05, 4.69) is 211 Å². The van der Waals surface area contributed by atoms with Crippen LogP contribution in [0.15, 0.2) is 297 Å². The summed E-state index contributed by atoms with van der Waals surface area (Å²) >= 11 is 0. The van der Waals surface area contributed by atoms with E-state index < -0.39 is 0 Å². The summed E-state index contributed by atoms with van der Waals surface area (Å²) in [6.07, 6.45) is 50.1. The minimum atomic E-state index is 0.433. The second-order valence-corrected chi connectivity index (χ2v) is 16.5. The van der Waals surface area contributed by atoms with Crippen LogP contribution in [-0.4, -0.2) is 4.90 Å². The van der Waals surface area contributed by atoms with Gasteiger partial charge in [0.1, 0.15) is 0 Å². The molecule has 0 aliphatic carbocycles. The number of nitrogens with zero attached hydrogens (tertiary/aromatic N) is 2. The smallest absolute Gasteiger partial charge is 0.0532 e. The van der Waals surface area contributed by atoms with Gasteiger partial charge >= 0.3 is 0 Å². The minimum Gasteiger partial charge on any atom is -0.311 e. The molecule has 67 heavy (non-hydrogen) atoms. The fourth-order valence-corrected chi connectivity index (χ4v) is 7.16. The van der Waals surface area contributed by atoms with Crippen LogP contribution >= 0.6 is 0 Å². The maximum atomic E-state index is 4.47. The molecule has 0 fully saturated rings. The van der Waals surface area contributed by atoms with E-state index in [0.29, 0.717) is 12.3 Å². The van der Waals surface area contributed by atoms with Gasteiger partial charge in [-0.1, -0.05) is 204 Å². The molecule has 0 N–H and O–H groups in total. The molecule has 0 saturated carbocycles. The van der Waals surface area contributed by atoms with Crippen LogP contribution in [0.3, 0.4) is 0 Å². The molecule has 2 aromatic carbocycles. The Morgan fingerprint density at radius 3 is 1.90 bits per heavy atom. The van der Waals surface area contributed by atoms with Gasteiger partial charge in [-0.3, -0.25) is 0 Å². The van der Waals surface area contributed by atoms with Crippen molar-refractivity contribution in [2.45, 2.75) is 67.7 Å². The average molecular weight is 883 g/mol. The molecule has 1 aliphatic heterocycles. The molecule has 2 aromatic rings. The topological polar surface area (TPSA) is 6.48 Å². The Kier molecular flexibility index (Phi) is 23.5. The van der Waals surface area contributed by atoms with Crippen LogP contribution in [0, 0.1) is 5.92 Å². The van der Waals surface area contributed by atoms with Crippen LogP contribution in [0.4, 0.5) is 5.69 Å². The molecular weight excluding hydrogens is 809 g/mol. The van der Waals surface area contributed by atoms with Crippen molar-refractivity contribution in [3.05, 3.63) is 308 Å². The molecule has 2 nitrogen and oxygen atoms in total. The summed E-state index contributed by atoms with van der Waals surface area (Å²) in [4.78, 5) is 4.31. The first kappa shape index (κ1) is 53.9. The van der Waals surface area contributed by atoms with Gasteiger partial charge in [-0.05, 0) is 155 Å². The summed E-state index contributed by atoms with van der Waals surface area (Å²) in [5.74, 6) is 0.433. The molecule has 2 heteroatoms. The summed E-state index contributed by atoms with van der Waals surface area (Å²) in [7, 11) is 0. The Balaban J connectivity index is 2.21. The van der Waals surface area contributed by atoms with E-state index in [4.69, 9.17) is 0 Å². The SMILES string of the molecule is C=CC(=C(\C=C/C)N1C(=C)/C=C\C=C/CC(C)/C=C\C=C/C1=C)/C(C)=C/C=C(\C)c1ccc(N(/C(C=C)=C/C=C(\C)c2ccccc2)C(/C=C\C(=C)C/C=C\C)=C/C(=C)CC(=C)/C=C\C)cc1. The van der Waals surface area contributed by atoms with E-state index >= 15 is 0 Å². The number of anilines is 1. The molecule has 0 amide bonds. The number of allylic oxidation sites excluding steroid dienone is 30. The van der Waals surface area contributed by atoms with Gasteiger partial charge < -0.3 is 9.80 Å². The molecule has 1 heterocycles. The first-order valence-corrected chi connectivity index (χ1v) is 23.1. The highest BCUT2D eigenvalue weighted by atomic mass is 15.2. The Morgan fingerprint density at radius 1 is 0.657 bits per heavy atom. The number of hydrogen-bond donors (Lipinski definition) is 0. The van der Waals surface area contributed by atoms with Crippen molar-refractivity contribution >= 4 is 16.8 Å². The maximum Gasteiger partial charge on any atom is 0.0532 e. The highest BCUT2D eigenvalue weighted by Crippen LogP contribution is 2.32. The van der Waals surface area contributed by atoms with Crippen molar-refractivity contribution in [1.29, 1.82) is 0 Å². The third kappa shape index (κ3) is 17.8. The van der Waals surface area contributed by atoms with E-state index in [-0.39, 0.29) is 0 Å². The Bertz CT molecular complexity index is 2550. The van der Waals surface area contributed by atoms with Crippen molar-refractivity contribution in [1.82, 2.24) is 4.90 Å². The average Bonchev–Trinajstić information content (AvgIpc) is 3.33. The largest absolute Gasteiger partial charge is 0.311 e. The zero-order valence-corrected chi connectivity index (χ0v) is 41.5. The van der Waals surface area contributed by atoms with Crippen LogP contribution in [0.5, 0.6) is 0 Å². The van der Waals surface area contributed by atoms with Crippen molar-refractivity contribution in [3.8, 4) is 0 Å². The van der Waals surface area contributed by atoms with Gasteiger partial charge in [0.05, 0.1) is 5.70 Å². The quantitative estimate of drug-likeness (QED) is 0.0966. The van der Waals surface area contributed by atoms with Gasteiger partial charge in [-0.2, -0.15) is 0 Å². The normalized spacial score (nSPS) is 18.3. The van der Waals surface area contributed by atoms with E-state index in [1.165, 1.54) is 0 Å². The zero-order valence-electron chi connectivity index (χ0n) is 41.5. The highest BCUT2D eigenvalue weighted by Gasteiger charge is 2.17. The third-order valence-corrected chi connectivity index (χ3v) is 10.9. The number of hydrogen-bond acceptors (Lipinski definition) is 2. The second kappa shape index (κ2) is 29.2. The Morgan fingerprint density at radius 2 is 1.28 bits per heavy atom. The van der Waals surface area contributed by atoms with Gasteiger partial charge in [0.2, 0.25) is 0 Å². The van der Waals surface area contributed by atoms with Crippen molar-refractivity contribution in [2.24, 2.45) is 5.92 Å². The second-order valence-electron chi connectivity index (χ2n) is 16.5. The standard InChI is InChI=1S/C65H74N2/c1-15-20-31-51(7)38-44-63(49-53(9)48-52(8)29-16-2)67(61(18-4)45-41-55(11)59-36-25-22-26-37-59)62-46-42-60(43-47-62)54(10)39-40-56(12)64(19-5)65(30-17-3)66-57(13)34-24-21-23-32-50(6)33-27-28-35-58(66)14/h15-30,33-47,49-50H,4-5,7-9,13-14,31-32,48H2,1-3,6,10-12H3/b20-15-,23-21-,29-16-,30-17-,33-27-,34-24-,35-28-,44-38-,54-39+,55-41+,56-40+,61-45+,63-49+,65-64-. The molecule has 3 rings (SSSR count). The Hall–Kier alpha value is -7.42. The summed E-state index contributed by atoms with van der Waals surface area (Å²) in [6.45, 7) is 45.2. The summed E-state index contributed by atoms with van der Waals surface area (Å²) in [5, 5.41) is 0. The lowest BCUT2D eigenvalue weighted by atomic mass is 10.0. The molecule has 1 atom stereocenters. The molecule has 1 aliphatic rings. The highest BCUT2D eigenvalue weighted by molar-refractivity contribution is 5.72. The van der Waals surface area contributed by atoms with Gasteiger partial charge in [0.25, 0.3) is 0 Å². The summed E-state index contributed by atoms with van der Waals surface area (Å²) < 4.78 is 0. The number of rotatable bonds is 20. The first-order valence-electron chi connectivity index (χ1n) is 23.1. The van der Waals surface area contributed by atoms with Crippen molar-refractivity contribution in [2.75, 3.05) is 4.90 Å². The predicted molar refractivity (Wildman–Crippen MR) is 301 cm³/mol. The third-order valence-electron chi connectivity index (χ3n) is 10.9. The zero-order chi connectivity index (χ0) is 49.1. The molecular formula is C65H74N2. The predicted octanol–water partition coefficient (Wildman–Crippen LogP) is 18.7. The molecule has 1 unspecified atom stereocenters. The van der Waals surface area contributed by atoms with E-state index in [9.17, 15) is 0 Å². The van der Waals surface area contributed by atoms with E-state index in [1.54, 1.807) is 0 Å². The number of benzene rings is 2. The first-order chi connectivity index (χ1) is 32.3. The fourth-order valence-electron chi connectivity index (χ4n) is 7.16. The molecule has 0 bridgehead atoms. The van der Waals surface area contributed by atoms with Crippen LogP contribution in [-0.2, 0) is 0 Å². The summed E-state index contributed by atoms with van der Waals surface area (Å²) in [6, 6.07) is 19.1. The van der Waals surface area contributed by atoms with Gasteiger partial charge in [-0.15, -0.1) is 0 Å². The molecule has 0 aromatic heterocycles. The maximum absolute atomic E-state index is 4.47.